The third-order valence-corrected chi connectivity index (χ3v) is 5.36. The van der Waals surface area contributed by atoms with Gasteiger partial charge >= 0.3 is 0 Å². The molecule has 0 bridgehead atoms. The summed E-state index contributed by atoms with van der Waals surface area (Å²) in [6, 6.07) is 16.3. The summed E-state index contributed by atoms with van der Waals surface area (Å²) in [4.78, 5) is 12.5. The van der Waals surface area contributed by atoms with Crippen LogP contribution in [-0.4, -0.2) is 32.8 Å². The summed E-state index contributed by atoms with van der Waals surface area (Å²) in [5.74, 6) is 1.56. The Morgan fingerprint density at radius 1 is 1.09 bits per heavy atom. The zero-order valence-corrected chi connectivity index (χ0v) is 18.7. The standard InChI is InChI=1S/C22H20Cl2N6O2/c1-32-18-7-6-15(23)12-17(18)26-22(31)11-10-21-28-27-20-9-8-19(29-30(20)21)25-13-14-4-2-3-5-16(14)24/h2-9,12H,10-11,13H2,1H3,(H,25,29)(H,26,31). The average Bonchev–Trinajstić information content (AvgIpc) is 3.19. The number of hydrogen-bond donors (Lipinski definition) is 2. The van der Waals surface area contributed by atoms with E-state index in [1.807, 2.05) is 36.4 Å². The van der Waals surface area contributed by atoms with Crippen LogP contribution in [0.3, 0.4) is 0 Å². The summed E-state index contributed by atoms with van der Waals surface area (Å²) in [6.45, 7) is 0.527. The van der Waals surface area contributed by atoms with Crippen molar-refractivity contribution in [1.29, 1.82) is 0 Å². The van der Waals surface area contributed by atoms with Crippen molar-refractivity contribution < 1.29 is 9.53 Å². The fraction of sp³-hybridized carbons (Fsp3) is 0.182. The van der Waals surface area contributed by atoms with E-state index in [1.54, 1.807) is 22.7 Å². The number of nitrogens with one attached hydrogen (secondary N) is 2. The molecule has 2 N–H and O–H groups in total. The molecule has 2 heterocycles. The Morgan fingerprint density at radius 3 is 2.75 bits per heavy atom. The number of halogens is 2. The number of nitrogens with zero attached hydrogens (tertiary/aromatic N) is 4. The lowest BCUT2D eigenvalue weighted by atomic mass is 10.2. The summed E-state index contributed by atoms with van der Waals surface area (Å²) in [5, 5.41) is 20.1. The second-order valence-electron chi connectivity index (χ2n) is 6.94. The lowest BCUT2D eigenvalue weighted by Crippen LogP contribution is -2.14. The smallest absolute Gasteiger partial charge is 0.224 e. The van der Waals surface area contributed by atoms with Gasteiger partial charge in [-0.1, -0.05) is 41.4 Å². The van der Waals surface area contributed by atoms with Crippen LogP contribution in [0.4, 0.5) is 11.5 Å². The van der Waals surface area contributed by atoms with E-state index in [2.05, 4.69) is 25.9 Å². The average molecular weight is 471 g/mol. The van der Waals surface area contributed by atoms with E-state index >= 15 is 0 Å². The number of fused-ring (bicyclic) bond motifs is 1. The van der Waals surface area contributed by atoms with Gasteiger partial charge in [-0.2, -0.15) is 4.52 Å². The number of amides is 1. The van der Waals surface area contributed by atoms with E-state index in [-0.39, 0.29) is 12.3 Å². The fourth-order valence-corrected chi connectivity index (χ4v) is 3.50. The first-order valence-electron chi connectivity index (χ1n) is 9.85. The second-order valence-corrected chi connectivity index (χ2v) is 7.79. The SMILES string of the molecule is COc1ccc(Cl)cc1NC(=O)CCc1nnc2ccc(NCc3ccccc3Cl)nn12. The van der Waals surface area contributed by atoms with Gasteiger partial charge in [0.2, 0.25) is 5.91 Å². The van der Waals surface area contributed by atoms with Gasteiger partial charge in [-0.3, -0.25) is 4.79 Å². The normalized spacial score (nSPS) is 10.8. The molecule has 164 valence electrons. The van der Waals surface area contributed by atoms with Crippen LogP contribution in [0.5, 0.6) is 5.75 Å². The van der Waals surface area contributed by atoms with Crippen molar-refractivity contribution in [3.05, 3.63) is 76.0 Å². The lowest BCUT2D eigenvalue weighted by molar-refractivity contribution is -0.116. The molecule has 0 fully saturated rings. The quantitative estimate of drug-likeness (QED) is 0.390. The molecule has 0 aliphatic rings. The Bertz CT molecular complexity index is 1260. The third-order valence-electron chi connectivity index (χ3n) is 4.76. The number of methoxy groups -OCH3 is 1. The lowest BCUT2D eigenvalue weighted by Gasteiger charge is -2.10. The highest BCUT2D eigenvalue weighted by molar-refractivity contribution is 6.31. The van der Waals surface area contributed by atoms with Gasteiger partial charge in [0.15, 0.2) is 11.5 Å². The van der Waals surface area contributed by atoms with E-state index in [9.17, 15) is 4.79 Å². The number of benzene rings is 2. The van der Waals surface area contributed by atoms with Crippen LogP contribution >= 0.6 is 23.2 Å². The molecule has 0 aliphatic heterocycles. The molecule has 2 aromatic heterocycles. The van der Waals surface area contributed by atoms with E-state index in [4.69, 9.17) is 27.9 Å². The highest BCUT2D eigenvalue weighted by Gasteiger charge is 2.13. The Hall–Kier alpha value is -3.36. The molecule has 0 aliphatic carbocycles. The molecule has 0 spiro atoms. The van der Waals surface area contributed by atoms with Crippen LogP contribution in [0.25, 0.3) is 5.65 Å². The maximum atomic E-state index is 12.5. The predicted molar refractivity (Wildman–Crippen MR) is 125 cm³/mol. The Balaban J connectivity index is 1.42. The topological polar surface area (TPSA) is 93.4 Å². The van der Waals surface area contributed by atoms with Crippen LogP contribution in [0.15, 0.2) is 54.6 Å². The van der Waals surface area contributed by atoms with Crippen LogP contribution in [0.2, 0.25) is 10.0 Å². The highest BCUT2D eigenvalue weighted by Crippen LogP contribution is 2.27. The minimum absolute atomic E-state index is 0.190. The number of carbonyl (C=O) groups excluding carboxylic acids is 1. The molecule has 0 unspecified atom stereocenters. The van der Waals surface area contributed by atoms with Gasteiger partial charge in [0.05, 0.1) is 12.8 Å². The zero-order chi connectivity index (χ0) is 22.5. The number of hydrogen-bond acceptors (Lipinski definition) is 6. The van der Waals surface area contributed by atoms with Crippen molar-refractivity contribution in [3.8, 4) is 5.75 Å². The summed E-state index contributed by atoms with van der Waals surface area (Å²) >= 11 is 12.2. The molecule has 4 rings (SSSR count). The molecule has 10 heteroatoms. The third kappa shape index (κ3) is 5.09. The summed E-state index contributed by atoms with van der Waals surface area (Å²) < 4.78 is 6.89. The first-order chi connectivity index (χ1) is 15.5. The minimum atomic E-state index is -0.199. The van der Waals surface area contributed by atoms with Crippen LogP contribution < -0.4 is 15.4 Å². The van der Waals surface area contributed by atoms with Gasteiger partial charge in [0.25, 0.3) is 0 Å². The maximum Gasteiger partial charge on any atom is 0.224 e. The molecule has 2 aromatic carbocycles. The van der Waals surface area contributed by atoms with Gasteiger partial charge in [0.1, 0.15) is 11.6 Å². The predicted octanol–water partition coefficient (Wildman–Crippen LogP) is 4.62. The fourth-order valence-electron chi connectivity index (χ4n) is 3.13. The van der Waals surface area contributed by atoms with Gasteiger partial charge in [-0.15, -0.1) is 15.3 Å². The highest BCUT2D eigenvalue weighted by atomic mass is 35.5. The van der Waals surface area contributed by atoms with E-state index < -0.39 is 0 Å². The van der Waals surface area contributed by atoms with Crippen molar-refractivity contribution >= 4 is 46.3 Å². The number of ether oxygens (including phenoxy) is 1. The first kappa shape index (κ1) is 21.9. The first-order valence-corrected chi connectivity index (χ1v) is 10.6. The number of rotatable bonds is 8. The van der Waals surface area contributed by atoms with E-state index in [0.29, 0.717) is 51.7 Å². The maximum absolute atomic E-state index is 12.5. The molecule has 0 atom stereocenters. The molecular weight excluding hydrogens is 451 g/mol. The van der Waals surface area contributed by atoms with E-state index in [1.165, 1.54) is 7.11 Å². The minimum Gasteiger partial charge on any atom is -0.495 e. The van der Waals surface area contributed by atoms with Crippen molar-refractivity contribution in [3.63, 3.8) is 0 Å². The Morgan fingerprint density at radius 2 is 1.94 bits per heavy atom. The molecule has 0 radical (unpaired) electrons. The summed E-state index contributed by atoms with van der Waals surface area (Å²) in [6.07, 6.45) is 0.548. The number of anilines is 2. The Kier molecular flexibility index (Phi) is 6.72. The monoisotopic (exact) mass is 470 g/mol. The van der Waals surface area contributed by atoms with Crippen molar-refractivity contribution in [2.75, 3.05) is 17.7 Å². The molecule has 0 saturated heterocycles. The van der Waals surface area contributed by atoms with E-state index in [0.717, 1.165) is 5.56 Å². The number of carbonyl (C=O) groups is 1. The zero-order valence-electron chi connectivity index (χ0n) is 17.2. The van der Waals surface area contributed by atoms with Crippen LogP contribution in [-0.2, 0) is 17.8 Å². The molecule has 1 amide bonds. The molecule has 8 nitrogen and oxygen atoms in total. The van der Waals surface area contributed by atoms with Gasteiger partial charge in [-0.25, -0.2) is 0 Å². The van der Waals surface area contributed by atoms with Gasteiger partial charge < -0.3 is 15.4 Å². The molecule has 0 saturated carbocycles. The van der Waals surface area contributed by atoms with Crippen LogP contribution in [0.1, 0.15) is 17.8 Å². The molecular formula is C22H20Cl2N6O2. The molecule has 4 aromatic rings. The largest absolute Gasteiger partial charge is 0.495 e. The number of aryl methyl sites for hydroxylation is 1. The Labute approximate surface area is 194 Å². The van der Waals surface area contributed by atoms with Gasteiger partial charge in [0, 0.05) is 29.4 Å². The summed E-state index contributed by atoms with van der Waals surface area (Å²) in [7, 11) is 1.53. The van der Waals surface area contributed by atoms with Gasteiger partial charge in [-0.05, 0) is 42.0 Å². The van der Waals surface area contributed by atoms with Crippen molar-refractivity contribution in [2.45, 2.75) is 19.4 Å². The second kappa shape index (κ2) is 9.84. The van der Waals surface area contributed by atoms with Crippen molar-refractivity contribution in [1.82, 2.24) is 19.8 Å². The molecule has 32 heavy (non-hydrogen) atoms. The van der Waals surface area contributed by atoms with Crippen LogP contribution in [0, 0.1) is 0 Å². The van der Waals surface area contributed by atoms with Crippen molar-refractivity contribution in [2.24, 2.45) is 0 Å². The summed E-state index contributed by atoms with van der Waals surface area (Å²) in [5.41, 5.74) is 2.08. The number of aromatic nitrogens is 4.